The molecule has 0 saturated carbocycles. The first-order valence-electron chi connectivity index (χ1n) is 11.0. The smallest absolute Gasteiger partial charge is 0.323 e. The molecule has 2 aliphatic rings. The number of fused-ring (bicyclic) bond motifs is 1. The van der Waals surface area contributed by atoms with Gasteiger partial charge in [0.05, 0.1) is 22.3 Å². The van der Waals surface area contributed by atoms with Crippen molar-refractivity contribution in [1.82, 2.24) is 20.1 Å². The number of allylic oxidation sites excluding steroid dienone is 3. The molecule has 168 valence electrons. The molecule has 0 radical (unpaired) electrons. The van der Waals surface area contributed by atoms with Gasteiger partial charge < -0.3 is 5.32 Å². The zero-order valence-corrected chi connectivity index (χ0v) is 19.7. The molecular formula is C25H30N4O2S. The average molecular weight is 451 g/mol. The summed E-state index contributed by atoms with van der Waals surface area (Å²) in [5.41, 5.74) is 5.32. The van der Waals surface area contributed by atoms with E-state index in [4.69, 9.17) is 0 Å². The summed E-state index contributed by atoms with van der Waals surface area (Å²) in [6.07, 6.45) is 6.80. The van der Waals surface area contributed by atoms with Crippen LogP contribution >= 0.6 is 11.3 Å². The highest BCUT2D eigenvalue weighted by Crippen LogP contribution is 2.34. The lowest BCUT2D eigenvalue weighted by molar-refractivity contribution is -0.132. The molecule has 1 unspecified atom stereocenters. The van der Waals surface area contributed by atoms with E-state index in [2.05, 4.69) is 46.9 Å². The number of likely N-dealkylation sites (tertiary alicyclic amines) is 1. The highest BCUT2D eigenvalue weighted by Gasteiger charge is 2.52. The van der Waals surface area contributed by atoms with Gasteiger partial charge in [0.2, 0.25) is 0 Å². The van der Waals surface area contributed by atoms with Crippen LogP contribution in [0.2, 0.25) is 0 Å². The predicted molar refractivity (Wildman–Crippen MR) is 130 cm³/mol. The number of aromatic nitrogens is 1. The second-order valence-electron chi connectivity index (χ2n) is 8.88. The topological polar surface area (TPSA) is 65.5 Å². The normalized spacial score (nSPS) is 20.0. The van der Waals surface area contributed by atoms with Crippen LogP contribution in [0.1, 0.15) is 45.2 Å². The number of thiazole rings is 1. The van der Waals surface area contributed by atoms with E-state index in [-0.39, 0.29) is 24.5 Å². The number of imide groups is 1. The largest absolute Gasteiger partial charge is 0.325 e. The molecule has 6 nitrogen and oxygen atoms in total. The van der Waals surface area contributed by atoms with E-state index in [9.17, 15) is 9.59 Å². The van der Waals surface area contributed by atoms with E-state index in [1.54, 1.807) is 17.4 Å². The van der Waals surface area contributed by atoms with Gasteiger partial charge >= 0.3 is 6.03 Å². The van der Waals surface area contributed by atoms with E-state index in [0.717, 1.165) is 29.8 Å². The summed E-state index contributed by atoms with van der Waals surface area (Å²) in [6.45, 7) is 11.8. The predicted octanol–water partition coefficient (Wildman–Crippen LogP) is 4.82. The minimum Gasteiger partial charge on any atom is -0.323 e. The second-order valence-corrected chi connectivity index (χ2v) is 9.77. The summed E-state index contributed by atoms with van der Waals surface area (Å²) in [7, 11) is 0. The van der Waals surface area contributed by atoms with Crippen molar-refractivity contribution in [2.45, 2.75) is 45.2 Å². The lowest BCUT2D eigenvalue weighted by Gasteiger charge is -2.40. The summed E-state index contributed by atoms with van der Waals surface area (Å²) in [5, 5.41) is 3.01. The Kier molecular flexibility index (Phi) is 6.31. The molecule has 7 heteroatoms. The minimum absolute atomic E-state index is 0.122. The highest BCUT2D eigenvalue weighted by atomic mass is 32.1. The maximum Gasteiger partial charge on any atom is 0.325 e. The van der Waals surface area contributed by atoms with E-state index >= 15 is 0 Å². The van der Waals surface area contributed by atoms with E-state index in [1.807, 2.05) is 31.5 Å². The summed E-state index contributed by atoms with van der Waals surface area (Å²) in [6, 6.07) is 6.36. The number of benzene rings is 1. The van der Waals surface area contributed by atoms with Crippen molar-refractivity contribution in [2.24, 2.45) is 0 Å². The van der Waals surface area contributed by atoms with Crippen LogP contribution in [0.5, 0.6) is 0 Å². The SMILES string of the molecule is C=C/C(=C\C=C(C)C)CN1C(=O)NC2(CCN(C(C)c3ccc4scnc4c3)CC2)C1=O. The van der Waals surface area contributed by atoms with Gasteiger partial charge in [-0.1, -0.05) is 36.4 Å². The Hall–Kier alpha value is -2.77. The van der Waals surface area contributed by atoms with Crippen LogP contribution < -0.4 is 5.32 Å². The van der Waals surface area contributed by atoms with Crippen LogP contribution in [0.4, 0.5) is 4.79 Å². The Labute approximate surface area is 193 Å². The Balaban J connectivity index is 1.43. The van der Waals surface area contributed by atoms with Gasteiger partial charge in [-0.25, -0.2) is 9.78 Å². The number of hydrogen-bond acceptors (Lipinski definition) is 5. The van der Waals surface area contributed by atoms with Gasteiger partial charge in [0.25, 0.3) is 5.91 Å². The number of rotatable bonds is 6. The molecule has 2 aromatic rings. The average Bonchev–Trinajstić information content (AvgIpc) is 3.34. The van der Waals surface area contributed by atoms with Crippen LogP contribution in [-0.4, -0.2) is 51.9 Å². The molecule has 32 heavy (non-hydrogen) atoms. The zero-order valence-electron chi connectivity index (χ0n) is 18.9. The lowest BCUT2D eigenvalue weighted by atomic mass is 9.86. The van der Waals surface area contributed by atoms with Crippen molar-refractivity contribution in [3.8, 4) is 0 Å². The van der Waals surface area contributed by atoms with Gasteiger partial charge in [0.15, 0.2) is 0 Å². The first-order chi connectivity index (χ1) is 15.3. The van der Waals surface area contributed by atoms with Crippen molar-refractivity contribution in [3.05, 3.63) is 65.2 Å². The molecular weight excluding hydrogens is 420 g/mol. The Morgan fingerprint density at radius 2 is 2.03 bits per heavy atom. The number of hydrogen-bond donors (Lipinski definition) is 1. The van der Waals surface area contributed by atoms with Crippen molar-refractivity contribution >= 4 is 33.5 Å². The maximum atomic E-state index is 13.3. The molecule has 1 N–H and O–H groups in total. The zero-order chi connectivity index (χ0) is 22.9. The third-order valence-electron chi connectivity index (χ3n) is 6.52. The van der Waals surface area contributed by atoms with Crippen molar-refractivity contribution in [1.29, 1.82) is 0 Å². The molecule has 0 bridgehead atoms. The fourth-order valence-electron chi connectivity index (χ4n) is 4.44. The minimum atomic E-state index is -0.797. The molecule has 0 aliphatic carbocycles. The summed E-state index contributed by atoms with van der Waals surface area (Å²) in [4.78, 5) is 34.1. The number of amides is 3. The molecule has 1 spiro atoms. The molecule has 3 heterocycles. The van der Waals surface area contributed by atoms with Crippen LogP contribution in [-0.2, 0) is 4.79 Å². The van der Waals surface area contributed by atoms with Crippen LogP contribution in [0.3, 0.4) is 0 Å². The fraction of sp³-hybridized carbons (Fsp3) is 0.400. The van der Waals surface area contributed by atoms with Crippen LogP contribution in [0, 0.1) is 0 Å². The lowest BCUT2D eigenvalue weighted by Crippen LogP contribution is -2.55. The Morgan fingerprint density at radius 1 is 1.28 bits per heavy atom. The standard InChI is InChI=1S/C25H30N4O2S/c1-5-19(7-6-17(2)3)15-29-23(30)25(27-24(29)31)10-12-28(13-11-25)18(4)20-8-9-22-21(14-20)26-16-32-22/h5-9,14,16,18H,1,10-13,15H2,2-4H3,(H,27,31)/b19-7+. The number of piperidine rings is 1. The van der Waals surface area contributed by atoms with Crippen LogP contribution in [0.25, 0.3) is 10.2 Å². The van der Waals surface area contributed by atoms with Gasteiger partial charge in [-0.05, 0) is 56.9 Å². The summed E-state index contributed by atoms with van der Waals surface area (Å²) < 4.78 is 1.19. The molecule has 1 aromatic carbocycles. The maximum absolute atomic E-state index is 13.3. The van der Waals surface area contributed by atoms with Gasteiger partial charge in [0.1, 0.15) is 5.54 Å². The number of carbonyl (C=O) groups excluding carboxylic acids is 2. The monoisotopic (exact) mass is 450 g/mol. The van der Waals surface area contributed by atoms with Gasteiger partial charge in [0, 0.05) is 19.1 Å². The quantitative estimate of drug-likeness (QED) is 0.506. The van der Waals surface area contributed by atoms with Gasteiger partial charge in [-0.15, -0.1) is 11.3 Å². The third kappa shape index (κ3) is 4.27. The van der Waals surface area contributed by atoms with Gasteiger partial charge in [-0.3, -0.25) is 14.6 Å². The molecule has 3 amide bonds. The van der Waals surface area contributed by atoms with Crippen molar-refractivity contribution in [2.75, 3.05) is 19.6 Å². The van der Waals surface area contributed by atoms with Crippen LogP contribution in [0.15, 0.2) is 59.7 Å². The fourth-order valence-corrected chi connectivity index (χ4v) is 5.10. The molecule has 2 saturated heterocycles. The number of nitrogens with zero attached hydrogens (tertiary/aromatic N) is 3. The summed E-state index contributed by atoms with van der Waals surface area (Å²) >= 11 is 1.65. The first-order valence-corrected chi connectivity index (χ1v) is 11.9. The summed E-state index contributed by atoms with van der Waals surface area (Å²) in [5.74, 6) is -0.122. The molecule has 4 rings (SSSR count). The van der Waals surface area contributed by atoms with Crippen molar-refractivity contribution in [3.63, 3.8) is 0 Å². The Morgan fingerprint density at radius 3 is 2.72 bits per heavy atom. The van der Waals surface area contributed by atoms with Gasteiger partial charge in [-0.2, -0.15) is 0 Å². The van der Waals surface area contributed by atoms with E-state index in [0.29, 0.717) is 12.8 Å². The highest BCUT2D eigenvalue weighted by molar-refractivity contribution is 7.16. The molecule has 2 fully saturated rings. The second kappa shape index (κ2) is 9.00. The molecule has 1 aromatic heterocycles. The Bertz CT molecular complexity index is 1100. The number of urea groups is 1. The first kappa shape index (κ1) is 22.4. The third-order valence-corrected chi connectivity index (χ3v) is 7.33. The number of carbonyl (C=O) groups is 2. The van der Waals surface area contributed by atoms with E-state index < -0.39 is 5.54 Å². The van der Waals surface area contributed by atoms with Crippen molar-refractivity contribution < 1.29 is 9.59 Å². The number of nitrogens with one attached hydrogen (secondary N) is 1. The molecule has 2 aliphatic heterocycles. The molecule has 1 atom stereocenters. The van der Waals surface area contributed by atoms with E-state index in [1.165, 1.54) is 15.2 Å².